The van der Waals surface area contributed by atoms with Crippen molar-refractivity contribution in [2.45, 2.75) is 45.2 Å². The van der Waals surface area contributed by atoms with Crippen molar-refractivity contribution in [3.05, 3.63) is 38.3 Å². The normalized spacial score (nSPS) is 16.3. The fraction of sp³-hybridized carbons (Fsp3) is 0.500. The summed E-state index contributed by atoms with van der Waals surface area (Å²) in [5, 5.41) is 24.9. The van der Waals surface area contributed by atoms with Crippen LogP contribution in [0.3, 0.4) is 0 Å². The van der Waals surface area contributed by atoms with Gasteiger partial charge in [0.2, 0.25) is 0 Å². The lowest BCUT2D eigenvalue weighted by Crippen LogP contribution is -2.37. The summed E-state index contributed by atoms with van der Waals surface area (Å²) in [6.45, 7) is 0.960. The maximum absolute atomic E-state index is 13.1. The van der Waals surface area contributed by atoms with Gasteiger partial charge in [-0.05, 0) is 42.2 Å². The predicted molar refractivity (Wildman–Crippen MR) is 95.7 cm³/mol. The van der Waals surface area contributed by atoms with Crippen molar-refractivity contribution in [1.29, 1.82) is 0 Å². The van der Waals surface area contributed by atoms with Crippen LogP contribution in [0.25, 0.3) is 0 Å². The molecule has 2 aliphatic rings. The van der Waals surface area contributed by atoms with E-state index in [-0.39, 0.29) is 31.3 Å². The molecule has 0 fully saturated rings. The maximum atomic E-state index is 13.1. The van der Waals surface area contributed by atoms with Crippen LogP contribution in [0, 0.1) is 0 Å². The number of nitrogens with zero attached hydrogens (tertiary/aromatic N) is 3. The van der Waals surface area contributed by atoms with Crippen molar-refractivity contribution in [2.75, 3.05) is 13.2 Å². The fourth-order valence-electron chi connectivity index (χ4n) is 3.96. The van der Waals surface area contributed by atoms with E-state index in [0.29, 0.717) is 18.5 Å². The molecule has 26 heavy (non-hydrogen) atoms. The number of carbonyl (C=O) groups excluding carboxylic acids is 1. The van der Waals surface area contributed by atoms with Crippen molar-refractivity contribution in [2.24, 2.45) is 0 Å². The molecule has 2 aromatic heterocycles. The molecule has 0 radical (unpaired) electrons. The second-order valence-electron chi connectivity index (χ2n) is 6.78. The number of aliphatic hydroxyl groups is 1. The Balaban J connectivity index is 1.63. The molecule has 1 aliphatic heterocycles. The van der Waals surface area contributed by atoms with Gasteiger partial charge in [-0.1, -0.05) is 0 Å². The molecule has 8 heteroatoms. The topological polar surface area (TPSA) is 95.7 Å². The van der Waals surface area contributed by atoms with Gasteiger partial charge in [-0.3, -0.25) is 9.48 Å². The Kier molecular flexibility index (Phi) is 4.54. The number of hydrogen-bond donors (Lipinski definition) is 2. The minimum atomic E-state index is -1.10. The Hall–Kier alpha value is -2.19. The zero-order chi connectivity index (χ0) is 18.3. The molecule has 0 aromatic carbocycles. The molecule has 0 atom stereocenters. The molecule has 3 heterocycles. The summed E-state index contributed by atoms with van der Waals surface area (Å²) in [6, 6.07) is 0. The highest BCUT2D eigenvalue weighted by Crippen LogP contribution is 2.32. The Bertz CT molecular complexity index is 870. The summed E-state index contributed by atoms with van der Waals surface area (Å²) in [5.74, 6) is -1.10. The van der Waals surface area contributed by atoms with Gasteiger partial charge in [-0.2, -0.15) is 5.10 Å². The molecule has 1 amide bonds. The SMILES string of the molecule is O=C(O)c1nn(CCO)c2c1CN(C(=O)c1scc3c1CCCC3)CC2. The zero-order valence-corrected chi connectivity index (χ0v) is 15.2. The molecule has 138 valence electrons. The standard InChI is InChI=1S/C18H21N3O4S/c22-8-7-21-14-5-6-20(9-13(14)15(19-21)18(24)25)17(23)16-12-4-2-1-3-11(12)10-26-16/h10,22H,1-9H2,(H,24,25). The van der Waals surface area contributed by atoms with Crippen molar-refractivity contribution in [1.82, 2.24) is 14.7 Å². The van der Waals surface area contributed by atoms with Gasteiger partial charge in [0.05, 0.1) is 24.6 Å². The average molecular weight is 375 g/mol. The van der Waals surface area contributed by atoms with E-state index in [4.69, 9.17) is 0 Å². The molecule has 4 rings (SSSR count). The molecular formula is C18H21N3O4S. The molecule has 0 spiro atoms. The third kappa shape index (κ3) is 2.83. The fourth-order valence-corrected chi connectivity index (χ4v) is 5.08. The lowest BCUT2D eigenvalue weighted by atomic mass is 9.93. The number of amides is 1. The van der Waals surface area contributed by atoms with Crippen LogP contribution in [0.15, 0.2) is 5.38 Å². The van der Waals surface area contributed by atoms with Gasteiger partial charge in [0.25, 0.3) is 5.91 Å². The summed E-state index contributed by atoms with van der Waals surface area (Å²) in [5.41, 5.74) is 3.87. The summed E-state index contributed by atoms with van der Waals surface area (Å²) < 4.78 is 1.56. The first-order valence-electron chi connectivity index (χ1n) is 8.91. The number of carboxylic acids is 1. The highest BCUT2D eigenvalue weighted by atomic mass is 32.1. The van der Waals surface area contributed by atoms with Gasteiger partial charge < -0.3 is 15.1 Å². The van der Waals surface area contributed by atoms with E-state index in [0.717, 1.165) is 29.8 Å². The van der Waals surface area contributed by atoms with E-state index in [1.165, 1.54) is 28.9 Å². The van der Waals surface area contributed by atoms with Gasteiger partial charge >= 0.3 is 5.97 Å². The molecule has 1 aliphatic carbocycles. The summed E-state index contributed by atoms with van der Waals surface area (Å²) >= 11 is 1.51. The number of carboxylic acid groups (broad SMARTS) is 1. The quantitative estimate of drug-likeness (QED) is 0.848. The number of aromatic carboxylic acids is 1. The van der Waals surface area contributed by atoms with Crippen molar-refractivity contribution < 1.29 is 19.8 Å². The lowest BCUT2D eigenvalue weighted by molar-refractivity contribution is 0.0674. The number of aryl methyl sites for hydroxylation is 1. The number of aliphatic hydroxyl groups excluding tert-OH is 1. The predicted octanol–water partition coefficient (Wildman–Crippen LogP) is 1.71. The molecular weight excluding hydrogens is 354 g/mol. The Morgan fingerprint density at radius 3 is 2.77 bits per heavy atom. The monoisotopic (exact) mass is 375 g/mol. The smallest absolute Gasteiger partial charge is 0.356 e. The van der Waals surface area contributed by atoms with E-state index in [9.17, 15) is 19.8 Å². The van der Waals surface area contributed by atoms with E-state index in [1.54, 1.807) is 9.58 Å². The van der Waals surface area contributed by atoms with Crippen molar-refractivity contribution >= 4 is 23.2 Å². The number of carbonyl (C=O) groups is 2. The van der Waals surface area contributed by atoms with Gasteiger partial charge in [0, 0.05) is 24.2 Å². The summed E-state index contributed by atoms with van der Waals surface area (Å²) in [7, 11) is 0. The van der Waals surface area contributed by atoms with Crippen molar-refractivity contribution in [3.63, 3.8) is 0 Å². The largest absolute Gasteiger partial charge is 0.476 e. The molecule has 0 saturated heterocycles. The van der Waals surface area contributed by atoms with Crippen LogP contribution < -0.4 is 0 Å². The van der Waals surface area contributed by atoms with E-state index < -0.39 is 5.97 Å². The maximum Gasteiger partial charge on any atom is 0.356 e. The molecule has 0 bridgehead atoms. The first-order chi connectivity index (χ1) is 12.6. The van der Waals surface area contributed by atoms with Crippen LogP contribution in [0.2, 0.25) is 0 Å². The van der Waals surface area contributed by atoms with Crippen LogP contribution in [0.1, 0.15) is 55.4 Å². The number of aromatic nitrogens is 2. The minimum Gasteiger partial charge on any atom is -0.476 e. The second kappa shape index (κ2) is 6.85. The van der Waals surface area contributed by atoms with Crippen LogP contribution in [0.4, 0.5) is 0 Å². The van der Waals surface area contributed by atoms with E-state index >= 15 is 0 Å². The average Bonchev–Trinajstić information content (AvgIpc) is 3.23. The second-order valence-corrected chi connectivity index (χ2v) is 7.66. The molecule has 2 N–H and O–H groups in total. The Morgan fingerprint density at radius 2 is 2.00 bits per heavy atom. The van der Waals surface area contributed by atoms with Gasteiger partial charge in [0.1, 0.15) is 0 Å². The van der Waals surface area contributed by atoms with Crippen LogP contribution in [-0.2, 0) is 32.4 Å². The van der Waals surface area contributed by atoms with Crippen molar-refractivity contribution in [3.8, 4) is 0 Å². The van der Waals surface area contributed by atoms with E-state index in [2.05, 4.69) is 10.5 Å². The van der Waals surface area contributed by atoms with Gasteiger partial charge in [-0.25, -0.2) is 4.79 Å². The van der Waals surface area contributed by atoms with Gasteiger partial charge in [-0.15, -0.1) is 11.3 Å². The minimum absolute atomic E-state index is 0.00459. The van der Waals surface area contributed by atoms with E-state index in [1.807, 2.05) is 0 Å². The first kappa shape index (κ1) is 17.2. The van der Waals surface area contributed by atoms with Crippen LogP contribution in [0.5, 0.6) is 0 Å². The highest BCUT2D eigenvalue weighted by molar-refractivity contribution is 7.12. The third-order valence-corrected chi connectivity index (χ3v) is 6.29. The zero-order valence-electron chi connectivity index (χ0n) is 14.4. The molecule has 2 aromatic rings. The first-order valence-corrected chi connectivity index (χ1v) is 9.79. The van der Waals surface area contributed by atoms with Crippen LogP contribution >= 0.6 is 11.3 Å². The molecule has 7 nitrogen and oxygen atoms in total. The van der Waals surface area contributed by atoms with Gasteiger partial charge in [0.15, 0.2) is 5.69 Å². The molecule has 0 unspecified atom stereocenters. The van der Waals surface area contributed by atoms with Crippen LogP contribution in [-0.4, -0.2) is 49.9 Å². The highest BCUT2D eigenvalue weighted by Gasteiger charge is 2.32. The Labute approximate surface area is 154 Å². The number of thiophene rings is 1. The summed E-state index contributed by atoms with van der Waals surface area (Å²) in [4.78, 5) is 27.2. The number of hydrogen-bond acceptors (Lipinski definition) is 5. The molecule has 0 saturated carbocycles. The number of fused-ring (bicyclic) bond motifs is 2. The lowest BCUT2D eigenvalue weighted by Gasteiger charge is -2.28. The summed E-state index contributed by atoms with van der Waals surface area (Å²) in [6.07, 6.45) is 4.84. The number of rotatable bonds is 4. The third-order valence-electron chi connectivity index (χ3n) is 5.23. The Morgan fingerprint density at radius 1 is 1.19 bits per heavy atom.